The van der Waals surface area contributed by atoms with Gasteiger partial charge in [0.15, 0.2) is 0 Å². The third-order valence-corrected chi connectivity index (χ3v) is 8.87. The number of benzene rings is 1. The number of nitrogens with zero attached hydrogens (tertiary/aromatic N) is 5. The van der Waals surface area contributed by atoms with Gasteiger partial charge in [-0.25, -0.2) is 4.98 Å². The second-order valence-corrected chi connectivity index (χ2v) is 17.6. The van der Waals surface area contributed by atoms with Crippen molar-refractivity contribution in [2.24, 2.45) is 10.8 Å². The van der Waals surface area contributed by atoms with Crippen molar-refractivity contribution in [1.82, 2.24) is 19.7 Å². The van der Waals surface area contributed by atoms with Gasteiger partial charge in [0.05, 0.1) is 12.3 Å². The standard InChI is InChI=1S/C38H61N5O2/c1-35(2,3)26-29-23-28(34(44)41-17-21-43(22-18-41)38(10,11)12)13-14-31(29)32-24-30(45-27-36(4,5)6)25-33(39-32)40-15-19-42(20-16-40)37(7,8)9/h13-14,23-25H,15-22,26-27H2,1-12H3. The molecule has 0 aliphatic carbocycles. The minimum Gasteiger partial charge on any atom is -0.493 e. The first-order chi connectivity index (χ1) is 20.7. The van der Waals surface area contributed by atoms with Crippen molar-refractivity contribution in [3.8, 4) is 17.0 Å². The minimum atomic E-state index is 0.0414. The Balaban J connectivity index is 1.68. The summed E-state index contributed by atoms with van der Waals surface area (Å²) in [6.07, 6.45) is 0.843. The molecular formula is C38H61N5O2. The molecule has 7 nitrogen and oxygen atoms in total. The van der Waals surface area contributed by atoms with Gasteiger partial charge >= 0.3 is 0 Å². The summed E-state index contributed by atoms with van der Waals surface area (Å²) in [5, 5.41) is 0. The number of aromatic nitrogens is 1. The number of pyridine rings is 1. The van der Waals surface area contributed by atoms with Crippen molar-refractivity contribution in [3.63, 3.8) is 0 Å². The lowest BCUT2D eigenvalue weighted by molar-refractivity contribution is 0.0451. The Hall–Kier alpha value is -2.64. The number of hydrogen-bond donors (Lipinski definition) is 0. The van der Waals surface area contributed by atoms with Crippen LogP contribution in [0.4, 0.5) is 5.82 Å². The predicted octanol–water partition coefficient (Wildman–Crippen LogP) is 7.24. The van der Waals surface area contributed by atoms with E-state index in [0.717, 1.165) is 92.7 Å². The van der Waals surface area contributed by atoms with E-state index in [1.165, 1.54) is 0 Å². The normalized spacial score (nSPS) is 18.0. The van der Waals surface area contributed by atoms with Gasteiger partial charge in [-0.3, -0.25) is 14.6 Å². The van der Waals surface area contributed by atoms with Gasteiger partial charge in [0.2, 0.25) is 0 Å². The predicted molar refractivity (Wildman–Crippen MR) is 189 cm³/mol. The molecule has 4 rings (SSSR count). The maximum Gasteiger partial charge on any atom is 0.253 e. The van der Waals surface area contributed by atoms with Crippen LogP contribution in [0.2, 0.25) is 0 Å². The molecule has 2 aliphatic heterocycles. The van der Waals surface area contributed by atoms with Gasteiger partial charge in [0.25, 0.3) is 5.91 Å². The summed E-state index contributed by atoms with van der Waals surface area (Å²) in [5.41, 5.74) is 4.27. The highest BCUT2D eigenvalue weighted by molar-refractivity contribution is 5.95. The first-order valence-electron chi connectivity index (χ1n) is 17.0. The quantitative estimate of drug-likeness (QED) is 0.340. The molecule has 0 atom stereocenters. The lowest BCUT2D eigenvalue weighted by Crippen LogP contribution is -2.54. The molecule has 1 aromatic carbocycles. The Morgan fingerprint density at radius 2 is 1.27 bits per heavy atom. The molecule has 2 aromatic rings. The van der Waals surface area contributed by atoms with Crippen LogP contribution in [-0.2, 0) is 6.42 Å². The van der Waals surface area contributed by atoms with Gasteiger partial charge in [-0.1, -0.05) is 47.6 Å². The molecule has 0 saturated carbocycles. The average molecular weight is 620 g/mol. The van der Waals surface area contributed by atoms with Gasteiger partial charge in [-0.05, 0) is 76.5 Å². The van der Waals surface area contributed by atoms with Crippen LogP contribution in [0.1, 0.15) is 99.0 Å². The van der Waals surface area contributed by atoms with Crippen LogP contribution in [0.3, 0.4) is 0 Å². The average Bonchev–Trinajstić information content (AvgIpc) is 2.93. The second kappa shape index (κ2) is 13.2. The molecule has 2 saturated heterocycles. The molecule has 0 N–H and O–H groups in total. The summed E-state index contributed by atoms with van der Waals surface area (Å²) in [4.78, 5) is 28.5. The number of rotatable bonds is 6. The van der Waals surface area contributed by atoms with Crippen molar-refractivity contribution < 1.29 is 9.53 Å². The zero-order valence-electron chi connectivity index (χ0n) is 30.5. The molecule has 3 heterocycles. The summed E-state index contributed by atoms with van der Waals surface area (Å²) >= 11 is 0. The number of piperazine rings is 2. The van der Waals surface area contributed by atoms with E-state index in [0.29, 0.717) is 6.61 Å². The van der Waals surface area contributed by atoms with E-state index in [9.17, 15) is 4.79 Å². The van der Waals surface area contributed by atoms with E-state index in [1.54, 1.807) is 0 Å². The molecule has 1 amide bonds. The van der Waals surface area contributed by atoms with Crippen LogP contribution >= 0.6 is 0 Å². The third-order valence-electron chi connectivity index (χ3n) is 8.87. The molecule has 0 unspecified atom stereocenters. The largest absolute Gasteiger partial charge is 0.493 e. The van der Waals surface area contributed by atoms with Crippen molar-refractivity contribution >= 4 is 11.7 Å². The van der Waals surface area contributed by atoms with Crippen LogP contribution in [0.15, 0.2) is 30.3 Å². The smallest absolute Gasteiger partial charge is 0.253 e. The third kappa shape index (κ3) is 9.68. The summed E-state index contributed by atoms with van der Waals surface area (Å²) in [6, 6.07) is 10.5. The van der Waals surface area contributed by atoms with E-state index < -0.39 is 0 Å². The number of anilines is 1. The van der Waals surface area contributed by atoms with E-state index >= 15 is 0 Å². The van der Waals surface area contributed by atoms with Crippen LogP contribution in [0, 0.1) is 10.8 Å². The molecule has 0 bridgehead atoms. The fraction of sp³-hybridized carbons (Fsp3) is 0.684. The number of carbonyl (C=O) groups is 1. The SMILES string of the molecule is CC(C)(C)COc1cc(-c2ccc(C(=O)N3CCN(C(C)(C)C)CC3)cc2CC(C)(C)C)nc(N2CCN(C(C)(C)C)CC2)c1. The first-order valence-corrected chi connectivity index (χ1v) is 17.0. The molecule has 2 fully saturated rings. The van der Waals surface area contributed by atoms with E-state index in [-0.39, 0.29) is 27.8 Å². The molecule has 0 spiro atoms. The fourth-order valence-electron chi connectivity index (χ4n) is 6.24. The molecule has 0 radical (unpaired) electrons. The maximum absolute atomic E-state index is 13.8. The number of amides is 1. The molecule has 45 heavy (non-hydrogen) atoms. The lowest BCUT2D eigenvalue weighted by Gasteiger charge is -2.42. The Morgan fingerprint density at radius 3 is 1.78 bits per heavy atom. The van der Waals surface area contributed by atoms with Crippen LogP contribution < -0.4 is 9.64 Å². The molecule has 250 valence electrons. The summed E-state index contributed by atoms with van der Waals surface area (Å²) in [6.45, 7) is 34.8. The maximum atomic E-state index is 13.8. The van der Waals surface area contributed by atoms with E-state index in [2.05, 4.69) is 122 Å². The minimum absolute atomic E-state index is 0.0414. The zero-order valence-corrected chi connectivity index (χ0v) is 30.5. The van der Waals surface area contributed by atoms with Crippen LogP contribution in [0.25, 0.3) is 11.3 Å². The Morgan fingerprint density at radius 1 is 0.711 bits per heavy atom. The van der Waals surface area contributed by atoms with Gasteiger partial charge in [0, 0.05) is 86.7 Å². The highest BCUT2D eigenvalue weighted by atomic mass is 16.5. The van der Waals surface area contributed by atoms with Crippen LogP contribution in [-0.4, -0.2) is 95.6 Å². The van der Waals surface area contributed by atoms with Crippen molar-refractivity contribution in [3.05, 3.63) is 41.5 Å². The number of ether oxygens (including phenoxy) is 1. The highest BCUT2D eigenvalue weighted by Gasteiger charge is 2.30. The number of hydrogen-bond acceptors (Lipinski definition) is 6. The van der Waals surface area contributed by atoms with Crippen molar-refractivity contribution in [1.29, 1.82) is 0 Å². The molecular weight excluding hydrogens is 558 g/mol. The highest BCUT2D eigenvalue weighted by Crippen LogP contribution is 2.35. The Labute approximate surface area is 274 Å². The monoisotopic (exact) mass is 619 g/mol. The van der Waals surface area contributed by atoms with Crippen molar-refractivity contribution in [2.75, 3.05) is 63.9 Å². The van der Waals surface area contributed by atoms with Gasteiger partial charge in [0.1, 0.15) is 11.6 Å². The summed E-state index contributed by atoms with van der Waals surface area (Å²) in [5.74, 6) is 1.93. The number of carbonyl (C=O) groups excluding carboxylic acids is 1. The van der Waals surface area contributed by atoms with Crippen molar-refractivity contribution in [2.45, 2.75) is 101 Å². The van der Waals surface area contributed by atoms with Gasteiger partial charge < -0.3 is 14.5 Å². The molecule has 1 aromatic heterocycles. The lowest BCUT2D eigenvalue weighted by atomic mass is 9.84. The first kappa shape index (κ1) is 35.2. The molecule has 2 aliphatic rings. The second-order valence-electron chi connectivity index (χ2n) is 17.6. The Bertz CT molecular complexity index is 1310. The zero-order chi connectivity index (χ0) is 33.4. The summed E-state index contributed by atoms with van der Waals surface area (Å²) in [7, 11) is 0. The van der Waals surface area contributed by atoms with E-state index in [1.807, 2.05) is 11.0 Å². The van der Waals surface area contributed by atoms with Gasteiger partial charge in [-0.2, -0.15) is 0 Å². The van der Waals surface area contributed by atoms with E-state index in [4.69, 9.17) is 9.72 Å². The Kier molecular flexibility index (Phi) is 10.4. The molecule has 7 heteroatoms. The topological polar surface area (TPSA) is 52.2 Å². The van der Waals surface area contributed by atoms with Crippen LogP contribution in [0.5, 0.6) is 5.75 Å². The summed E-state index contributed by atoms with van der Waals surface area (Å²) < 4.78 is 6.41. The fourth-order valence-corrected chi connectivity index (χ4v) is 6.24. The van der Waals surface area contributed by atoms with Gasteiger partial charge in [-0.15, -0.1) is 0 Å².